The summed E-state index contributed by atoms with van der Waals surface area (Å²) in [5.74, 6) is 3.25. The third-order valence-electron chi connectivity index (χ3n) is 5.60. The molecular formula is C25H29N7O4S. The highest BCUT2D eigenvalue weighted by atomic mass is 32.2. The fraction of sp³-hybridized carbons (Fsp3) is 0.320. The highest BCUT2D eigenvalue weighted by molar-refractivity contribution is 8.01. The molecule has 3 heterocycles. The number of pyridine rings is 1. The first-order valence-electron chi connectivity index (χ1n) is 11.4. The van der Waals surface area contributed by atoms with E-state index in [1.54, 1.807) is 46.9 Å². The van der Waals surface area contributed by atoms with Crippen molar-refractivity contribution in [2.24, 2.45) is 0 Å². The lowest BCUT2D eigenvalue weighted by molar-refractivity contribution is 0.104. The summed E-state index contributed by atoms with van der Waals surface area (Å²) in [5.41, 5.74) is 2.07. The van der Waals surface area contributed by atoms with Gasteiger partial charge in [0.2, 0.25) is 11.8 Å². The van der Waals surface area contributed by atoms with Crippen LogP contribution in [0.15, 0.2) is 48.8 Å². The van der Waals surface area contributed by atoms with Crippen molar-refractivity contribution in [3.8, 4) is 34.6 Å². The van der Waals surface area contributed by atoms with Crippen molar-refractivity contribution >= 4 is 17.9 Å². The van der Waals surface area contributed by atoms with Gasteiger partial charge in [-0.05, 0) is 44.0 Å². The molecule has 3 aromatic heterocycles. The number of hydrogen-bond acceptors (Lipinski definition) is 11. The zero-order chi connectivity index (χ0) is 26.4. The number of rotatable bonds is 11. The van der Waals surface area contributed by atoms with Crippen molar-refractivity contribution in [2.45, 2.75) is 25.2 Å². The summed E-state index contributed by atoms with van der Waals surface area (Å²) in [7, 11) is 6.43. The second kappa shape index (κ2) is 11.9. The maximum absolute atomic E-state index is 5.77. The molecule has 0 amide bonds. The SMILES string of the molecule is COc1cccc(-c2nnc(NS[C@@H](C)[C@H](OC)c3cnc(C)nc3)n2-c2c(OC)cccc2OC)n1. The van der Waals surface area contributed by atoms with Crippen LogP contribution in [0.25, 0.3) is 17.2 Å². The van der Waals surface area contributed by atoms with Crippen LogP contribution in [-0.4, -0.2) is 63.4 Å². The number of para-hydroxylation sites is 1. The Morgan fingerprint density at radius 3 is 2.19 bits per heavy atom. The van der Waals surface area contributed by atoms with Crippen LogP contribution < -0.4 is 18.9 Å². The zero-order valence-electron chi connectivity index (χ0n) is 21.5. The quantitative estimate of drug-likeness (QED) is 0.284. The molecule has 0 radical (unpaired) electrons. The van der Waals surface area contributed by atoms with Gasteiger partial charge in [-0.15, -0.1) is 10.2 Å². The fourth-order valence-corrected chi connectivity index (χ4v) is 4.60. The lowest BCUT2D eigenvalue weighted by atomic mass is 10.1. The van der Waals surface area contributed by atoms with Crippen molar-refractivity contribution < 1.29 is 18.9 Å². The third-order valence-corrected chi connectivity index (χ3v) is 6.52. The Morgan fingerprint density at radius 1 is 0.892 bits per heavy atom. The number of nitrogens with one attached hydrogen (secondary N) is 1. The summed E-state index contributed by atoms with van der Waals surface area (Å²) >= 11 is 1.43. The third kappa shape index (κ3) is 5.59. The van der Waals surface area contributed by atoms with Gasteiger partial charge in [-0.2, -0.15) is 0 Å². The molecule has 0 aliphatic carbocycles. The van der Waals surface area contributed by atoms with Crippen LogP contribution in [0.2, 0.25) is 0 Å². The summed E-state index contributed by atoms with van der Waals surface area (Å²) in [4.78, 5) is 13.2. The smallest absolute Gasteiger partial charge is 0.239 e. The number of nitrogens with zero attached hydrogens (tertiary/aromatic N) is 6. The van der Waals surface area contributed by atoms with Crippen LogP contribution in [0, 0.1) is 6.92 Å². The van der Waals surface area contributed by atoms with E-state index in [0.29, 0.717) is 46.4 Å². The van der Waals surface area contributed by atoms with Gasteiger partial charge < -0.3 is 18.9 Å². The number of aryl methyl sites for hydroxylation is 1. The average Bonchev–Trinajstić information content (AvgIpc) is 3.36. The minimum absolute atomic E-state index is 0.0422. The van der Waals surface area contributed by atoms with E-state index in [2.05, 4.69) is 29.9 Å². The van der Waals surface area contributed by atoms with Gasteiger partial charge in [0.15, 0.2) is 5.82 Å². The first-order valence-corrected chi connectivity index (χ1v) is 12.3. The van der Waals surface area contributed by atoms with Gasteiger partial charge in [0.25, 0.3) is 0 Å². The molecule has 0 saturated carbocycles. The van der Waals surface area contributed by atoms with E-state index in [-0.39, 0.29) is 11.4 Å². The molecule has 4 aromatic rings. The molecule has 0 unspecified atom stereocenters. The molecule has 1 N–H and O–H groups in total. The predicted molar refractivity (Wildman–Crippen MR) is 141 cm³/mol. The Balaban J connectivity index is 1.74. The molecule has 12 heteroatoms. The molecule has 194 valence electrons. The van der Waals surface area contributed by atoms with Crippen LogP contribution in [0.1, 0.15) is 24.4 Å². The normalized spacial score (nSPS) is 12.6. The lowest BCUT2D eigenvalue weighted by Crippen LogP contribution is -2.17. The number of aromatic nitrogens is 6. The lowest BCUT2D eigenvalue weighted by Gasteiger charge is -2.23. The summed E-state index contributed by atoms with van der Waals surface area (Å²) in [6.45, 7) is 3.89. The topological polar surface area (TPSA) is 118 Å². The fourth-order valence-electron chi connectivity index (χ4n) is 3.79. The molecule has 0 bridgehead atoms. The van der Waals surface area contributed by atoms with Gasteiger partial charge in [-0.3, -0.25) is 9.29 Å². The Kier molecular flexibility index (Phi) is 8.41. The van der Waals surface area contributed by atoms with Gasteiger partial charge >= 0.3 is 0 Å². The van der Waals surface area contributed by atoms with Crippen molar-refractivity contribution in [1.82, 2.24) is 29.7 Å². The molecule has 37 heavy (non-hydrogen) atoms. The second-order valence-electron chi connectivity index (χ2n) is 7.90. The van der Waals surface area contributed by atoms with Crippen LogP contribution in [0.3, 0.4) is 0 Å². The number of anilines is 1. The Hall–Kier alpha value is -3.90. The van der Waals surface area contributed by atoms with E-state index in [0.717, 1.165) is 5.56 Å². The first-order chi connectivity index (χ1) is 18.0. The Morgan fingerprint density at radius 2 is 1.57 bits per heavy atom. The number of benzene rings is 1. The van der Waals surface area contributed by atoms with Gasteiger partial charge in [0, 0.05) is 31.1 Å². The van der Waals surface area contributed by atoms with Crippen molar-refractivity contribution in [2.75, 3.05) is 33.2 Å². The monoisotopic (exact) mass is 523 g/mol. The minimum atomic E-state index is -0.255. The molecule has 0 spiro atoms. The number of methoxy groups -OCH3 is 4. The highest BCUT2D eigenvalue weighted by Crippen LogP contribution is 2.38. The van der Waals surface area contributed by atoms with Gasteiger partial charge in [0.05, 0.1) is 32.7 Å². The summed E-state index contributed by atoms with van der Waals surface area (Å²) in [6, 6.07) is 11.0. The molecule has 0 aliphatic rings. The maximum atomic E-state index is 5.77. The van der Waals surface area contributed by atoms with E-state index in [1.807, 2.05) is 48.7 Å². The van der Waals surface area contributed by atoms with E-state index in [9.17, 15) is 0 Å². The van der Waals surface area contributed by atoms with Crippen LogP contribution >= 0.6 is 11.9 Å². The molecule has 11 nitrogen and oxygen atoms in total. The van der Waals surface area contributed by atoms with Crippen LogP contribution in [0.5, 0.6) is 17.4 Å². The Labute approximate surface area is 219 Å². The molecule has 0 saturated heterocycles. The van der Waals surface area contributed by atoms with Crippen LogP contribution in [0.4, 0.5) is 5.95 Å². The Bertz CT molecular complexity index is 1310. The zero-order valence-corrected chi connectivity index (χ0v) is 22.3. The van der Waals surface area contributed by atoms with E-state index in [1.165, 1.54) is 11.9 Å². The highest BCUT2D eigenvalue weighted by Gasteiger charge is 2.26. The first kappa shape index (κ1) is 26.2. The van der Waals surface area contributed by atoms with Crippen LogP contribution in [-0.2, 0) is 4.74 Å². The predicted octanol–water partition coefficient (Wildman–Crippen LogP) is 4.29. The standard InChI is InChI=1S/C25H29N7O4S/c1-15(23(36-6)17-13-26-16(2)27-14-17)37-31-25-30-29-24(18-9-7-12-21(28-18)35-5)32(25)22-19(33-3)10-8-11-20(22)34-4/h7-15,23H,1-6H3,(H,30,31)/t15-,23-/m0/s1. The number of hydrogen-bond donors (Lipinski definition) is 1. The second-order valence-corrected chi connectivity index (χ2v) is 9.09. The number of ether oxygens (including phenoxy) is 4. The molecular weight excluding hydrogens is 494 g/mol. The maximum Gasteiger partial charge on any atom is 0.239 e. The van der Waals surface area contributed by atoms with Gasteiger partial charge in [0.1, 0.15) is 28.7 Å². The van der Waals surface area contributed by atoms with Gasteiger partial charge in [-0.1, -0.05) is 12.1 Å². The largest absolute Gasteiger partial charge is 0.494 e. The molecule has 0 fully saturated rings. The molecule has 2 atom stereocenters. The summed E-state index contributed by atoms with van der Waals surface area (Å²) < 4.78 is 27.6. The van der Waals surface area contributed by atoms with E-state index in [4.69, 9.17) is 18.9 Å². The van der Waals surface area contributed by atoms with E-state index >= 15 is 0 Å². The molecule has 0 aliphatic heterocycles. The van der Waals surface area contributed by atoms with Crippen molar-refractivity contribution in [3.63, 3.8) is 0 Å². The van der Waals surface area contributed by atoms with Crippen molar-refractivity contribution in [1.29, 1.82) is 0 Å². The van der Waals surface area contributed by atoms with Gasteiger partial charge in [-0.25, -0.2) is 15.0 Å². The summed E-state index contributed by atoms with van der Waals surface area (Å²) in [5, 5.41) is 8.85. The molecule has 4 rings (SSSR count). The average molecular weight is 524 g/mol. The van der Waals surface area contributed by atoms with E-state index < -0.39 is 0 Å². The van der Waals surface area contributed by atoms with Crippen molar-refractivity contribution in [3.05, 3.63) is 60.2 Å². The summed E-state index contributed by atoms with van der Waals surface area (Å²) in [6.07, 6.45) is 3.31. The minimum Gasteiger partial charge on any atom is -0.494 e. The molecule has 1 aromatic carbocycles.